The van der Waals surface area contributed by atoms with Gasteiger partial charge in [0.1, 0.15) is 5.75 Å². The molecule has 2 rings (SSSR count). The zero-order chi connectivity index (χ0) is 16.8. The molecule has 2 aromatic carbocycles. The molecule has 120 valence electrons. The first kappa shape index (κ1) is 17.3. The Morgan fingerprint density at radius 1 is 1.09 bits per heavy atom. The van der Waals surface area contributed by atoms with E-state index >= 15 is 0 Å². The van der Waals surface area contributed by atoms with Gasteiger partial charge in [-0.3, -0.25) is 9.59 Å². The van der Waals surface area contributed by atoms with Gasteiger partial charge in [0.15, 0.2) is 11.9 Å². The summed E-state index contributed by atoms with van der Waals surface area (Å²) in [6.07, 6.45) is -0.733. The molecule has 0 saturated carbocycles. The molecular weight excluding hydrogens is 337 g/mol. The Balaban J connectivity index is 1.86. The molecule has 0 aliphatic rings. The molecule has 0 radical (unpaired) electrons. The summed E-state index contributed by atoms with van der Waals surface area (Å²) in [5, 5.41) is 3.61. The topological polar surface area (TPSA) is 55.4 Å². The van der Waals surface area contributed by atoms with Crippen molar-refractivity contribution in [3.63, 3.8) is 0 Å². The van der Waals surface area contributed by atoms with Gasteiger partial charge in [-0.05, 0) is 43.3 Å². The fourth-order valence-corrected chi connectivity index (χ4v) is 2.16. The van der Waals surface area contributed by atoms with E-state index in [0.717, 1.165) is 0 Å². The van der Waals surface area contributed by atoms with E-state index in [0.29, 0.717) is 21.4 Å². The van der Waals surface area contributed by atoms with Crippen molar-refractivity contribution in [2.75, 3.05) is 6.54 Å². The summed E-state index contributed by atoms with van der Waals surface area (Å²) in [5.41, 5.74) is 0.448. The molecule has 0 bridgehead atoms. The lowest BCUT2D eigenvalue weighted by atomic mass is 10.1. The monoisotopic (exact) mass is 351 g/mol. The van der Waals surface area contributed by atoms with E-state index in [2.05, 4.69) is 5.32 Å². The van der Waals surface area contributed by atoms with Gasteiger partial charge in [-0.1, -0.05) is 35.3 Å². The van der Waals surface area contributed by atoms with Gasteiger partial charge >= 0.3 is 0 Å². The van der Waals surface area contributed by atoms with Gasteiger partial charge in [0.25, 0.3) is 5.91 Å². The number of Topliss-reactive ketones (excluding diaryl/α,β-unsaturated/α-hetero) is 1. The molecule has 0 fully saturated rings. The normalized spacial score (nSPS) is 11.6. The van der Waals surface area contributed by atoms with Gasteiger partial charge in [0.2, 0.25) is 0 Å². The number of ether oxygens (including phenoxy) is 1. The van der Waals surface area contributed by atoms with E-state index in [1.807, 2.05) is 0 Å². The van der Waals surface area contributed by atoms with Crippen molar-refractivity contribution in [3.05, 3.63) is 64.1 Å². The summed E-state index contributed by atoms with van der Waals surface area (Å²) < 4.78 is 5.49. The molecule has 1 atom stereocenters. The number of halogens is 2. The molecular formula is C17H15Cl2NO3. The number of carbonyl (C=O) groups excluding carboxylic acids is 2. The maximum atomic E-state index is 12.0. The number of carbonyl (C=O) groups is 2. The second-order valence-electron chi connectivity index (χ2n) is 4.87. The van der Waals surface area contributed by atoms with E-state index < -0.39 is 6.10 Å². The van der Waals surface area contributed by atoms with Crippen LogP contribution in [0.1, 0.15) is 17.3 Å². The Hall–Kier alpha value is -2.04. The molecule has 6 heteroatoms. The van der Waals surface area contributed by atoms with E-state index in [1.54, 1.807) is 55.5 Å². The molecule has 23 heavy (non-hydrogen) atoms. The van der Waals surface area contributed by atoms with Crippen molar-refractivity contribution in [2.45, 2.75) is 13.0 Å². The maximum absolute atomic E-state index is 12.0. The zero-order valence-corrected chi connectivity index (χ0v) is 13.9. The highest BCUT2D eigenvalue weighted by Crippen LogP contribution is 2.16. The SMILES string of the molecule is CC(Oc1ccc(Cl)cc1)C(=O)NCC(=O)c1cccc(Cl)c1. The van der Waals surface area contributed by atoms with Crippen molar-refractivity contribution in [3.8, 4) is 5.75 Å². The number of ketones is 1. The third-order valence-corrected chi connectivity index (χ3v) is 3.55. The molecule has 4 nitrogen and oxygen atoms in total. The fourth-order valence-electron chi connectivity index (χ4n) is 1.85. The molecule has 0 aliphatic carbocycles. The number of hydrogen-bond acceptors (Lipinski definition) is 3. The summed E-state index contributed by atoms with van der Waals surface area (Å²) in [6, 6.07) is 13.3. The average Bonchev–Trinajstić information content (AvgIpc) is 2.54. The number of nitrogens with one attached hydrogen (secondary N) is 1. The number of benzene rings is 2. The second kappa shape index (κ2) is 7.99. The smallest absolute Gasteiger partial charge is 0.261 e. The number of hydrogen-bond donors (Lipinski definition) is 1. The average molecular weight is 352 g/mol. The lowest BCUT2D eigenvalue weighted by molar-refractivity contribution is -0.127. The van der Waals surface area contributed by atoms with Crippen LogP contribution in [0.5, 0.6) is 5.75 Å². The Labute approximate surface area is 144 Å². The first-order valence-electron chi connectivity index (χ1n) is 6.94. The summed E-state index contributed by atoms with van der Waals surface area (Å²) in [7, 11) is 0. The van der Waals surface area contributed by atoms with Crippen molar-refractivity contribution in [1.29, 1.82) is 0 Å². The van der Waals surface area contributed by atoms with Crippen LogP contribution in [-0.4, -0.2) is 24.3 Å². The van der Waals surface area contributed by atoms with Crippen LogP contribution < -0.4 is 10.1 Å². The van der Waals surface area contributed by atoms with Crippen LogP contribution in [0.2, 0.25) is 10.0 Å². The number of amides is 1. The molecule has 0 spiro atoms. The Kier molecular flexibility index (Phi) is 6.02. The molecule has 0 heterocycles. The minimum Gasteiger partial charge on any atom is -0.481 e. The summed E-state index contributed by atoms with van der Waals surface area (Å²) >= 11 is 11.6. The highest BCUT2D eigenvalue weighted by atomic mass is 35.5. The summed E-state index contributed by atoms with van der Waals surface area (Å²) in [6.45, 7) is 1.49. The standard InChI is InChI=1S/C17H15Cl2NO3/c1-11(23-15-7-5-13(18)6-8-15)17(22)20-10-16(21)12-3-2-4-14(19)9-12/h2-9,11H,10H2,1H3,(H,20,22). The lowest BCUT2D eigenvalue weighted by Gasteiger charge is -2.14. The Morgan fingerprint density at radius 2 is 1.78 bits per heavy atom. The van der Waals surface area contributed by atoms with E-state index in [-0.39, 0.29) is 18.2 Å². The van der Waals surface area contributed by atoms with Crippen LogP contribution in [0, 0.1) is 0 Å². The molecule has 1 N–H and O–H groups in total. The van der Waals surface area contributed by atoms with Gasteiger partial charge in [-0.25, -0.2) is 0 Å². The summed E-state index contributed by atoms with van der Waals surface area (Å²) in [4.78, 5) is 24.0. The predicted molar refractivity (Wildman–Crippen MR) is 90.3 cm³/mol. The fraction of sp³-hybridized carbons (Fsp3) is 0.176. The Morgan fingerprint density at radius 3 is 2.43 bits per heavy atom. The largest absolute Gasteiger partial charge is 0.481 e. The molecule has 0 saturated heterocycles. The number of rotatable bonds is 6. The highest BCUT2D eigenvalue weighted by molar-refractivity contribution is 6.31. The molecule has 0 aliphatic heterocycles. The highest BCUT2D eigenvalue weighted by Gasteiger charge is 2.16. The Bertz CT molecular complexity index is 701. The van der Waals surface area contributed by atoms with Crippen molar-refractivity contribution in [2.24, 2.45) is 0 Å². The first-order chi connectivity index (χ1) is 11.0. The third kappa shape index (κ3) is 5.27. The first-order valence-corrected chi connectivity index (χ1v) is 7.70. The van der Waals surface area contributed by atoms with Crippen LogP contribution >= 0.6 is 23.2 Å². The van der Waals surface area contributed by atoms with Gasteiger partial charge in [-0.15, -0.1) is 0 Å². The van der Waals surface area contributed by atoms with Gasteiger partial charge < -0.3 is 10.1 Å². The molecule has 2 aromatic rings. The third-order valence-electron chi connectivity index (χ3n) is 3.07. The van der Waals surface area contributed by atoms with Gasteiger partial charge in [0, 0.05) is 15.6 Å². The van der Waals surface area contributed by atoms with Gasteiger partial charge in [0.05, 0.1) is 6.54 Å². The van der Waals surface area contributed by atoms with Gasteiger partial charge in [-0.2, -0.15) is 0 Å². The predicted octanol–water partition coefficient (Wildman–Crippen LogP) is 3.76. The maximum Gasteiger partial charge on any atom is 0.261 e. The van der Waals surface area contributed by atoms with E-state index in [9.17, 15) is 9.59 Å². The van der Waals surface area contributed by atoms with Crippen molar-refractivity contribution in [1.82, 2.24) is 5.32 Å². The quantitative estimate of drug-likeness (QED) is 0.806. The van der Waals surface area contributed by atoms with Crippen molar-refractivity contribution < 1.29 is 14.3 Å². The van der Waals surface area contributed by atoms with E-state index in [4.69, 9.17) is 27.9 Å². The molecule has 1 unspecified atom stereocenters. The van der Waals surface area contributed by atoms with Crippen LogP contribution in [-0.2, 0) is 4.79 Å². The lowest BCUT2D eigenvalue weighted by Crippen LogP contribution is -2.39. The molecule has 0 aromatic heterocycles. The minimum absolute atomic E-state index is 0.118. The van der Waals surface area contributed by atoms with Crippen LogP contribution in [0.4, 0.5) is 0 Å². The van der Waals surface area contributed by atoms with Crippen LogP contribution in [0.3, 0.4) is 0 Å². The van der Waals surface area contributed by atoms with E-state index in [1.165, 1.54) is 0 Å². The summed E-state index contributed by atoms with van der Waals surface area (Å²) in [5.74, 6) is -0.0758. The minimum atomic E-state index is -0.733. The van der Waals surface area contributed by atoms with Crippen LogP contribution in [0.25, 0.3) is 0 Å². The van der Waals surface area contributed by atoms with Crippen molar-refractivity contribution >= 4 is 34.9 Å². The zero-order valence-electron chi connectivity index (χ0n) is 12.4. The van der Waals surface area contributed by atoms with Crippen LogP contribution in [0.15, 0.2) is 48.5 Å². The second-order valence-corrected chi connectivity index (χ2v) is 5.74. The molecule has 1 amide bonds.